The fourth-order valence-electron chi connectivity index (χ4n) is 7.57. The molecule has 0 spiro atoms. The Hall–Kier alpha value is -3.65. The van der Waals surface area contributed by atoms with Gasteiger partial charge < -0.3 is 5.11 Å². The van der Waals surface area contributed by atoms with Crippen LogP contribution in [0, 0.1) is 45.4 Å². The SMILES string of the molecule is Cc1cc(C)cc(-c2nc(-c3ccccc3)cc(C3C/C(=C(/O)C(C)C)C3C(C)C)c2-c2cc(C)cc(C)c2C(C)C)c1. The minimum atomic E-state index is 0.131. The molecular formula is C41H49NO. The number of aryl methyl sites for hydroxylation is 4. The third kappa shape index (κ3) is 5.94. The molecule has 1 aliphatic rings. The monoisotopic (exact) mass is 571 g/mol. The summed E-state index contributed by atoms with van der Waals surface area (Å²) in [5.74, 6) is 2.07. The van der Waals surface area contributed by atoms with Gasteiger partial charge in [0.25, 0.3) is 0 Å². The topological polar surface area (TPSA) is 33.1 Å². The van der Waals surface area contributed by atoms with Crippen LogP contribution in [-0.2, 0) is 0 Å². The fraction of sp³-hybridized carbons (Fsp3) is 0.390. The number of benzene rings is 3. The lowest BCUT2D eigenvalue weighted by Crippen LogP contribution is -2.34. The van der Waals surface area contributed by atoms with Crippen LogP contribution < -0.4 is 0 Å². The Kier molecular flexibility index (Phi) is 8.70. The molecule has 3 aromatic carbocycles. The van der Waals surface area contributed by atoms with E-state index < -0.39 is 0 Å². The van der Waals surface area contributed by atoms with Gasteiger partial charge in [0, 0.05) is 22.6 Å². The summed E-state index contributed by atoms with van der Waals surface area (Å²) in [7, 11) is 0. The van der Waals surface area contributed by atoms with Gasteiger partial charge in [-0.1, -0.05) is 107 Å². The Labute approximate surface area is 259 Å². The molecule has 0 aliphatic heterocycles. The van der Waals surface area contributed by atoms with Gasteiger partial charge in [-0.3, -0.25) is 0 Å². The van der Waals surface area contributed by atoms with E-state index in [1.54, 1.807) is 0 Å². The standard InChI is InChI=1S/C41H49NO/c1-23(2)37-29(10)17-28(9)20-34(37)39-33(32-21-35(38(32)24(3)4)41(43)25(5)6)22-36(30-14-12-11-13-15-30)42-40(39)31-18-26(7)16-27(8)19-31/h11-20,22-25,32,38,43H,21H2,1-10H3/b41-35-. The Bertz CT molecular complexity index is 1650. The summed E-state index contributed by atoms with van der Waals surface area (Å²) in [5, 5.41) is 11.2. The normalized spacial score (nSPS) is 18.0. The van der Waals surface area contributed by atoms with E-state index in [1.807, 2.05) is 0 Å². The zero-order valence-corrected chi connectivity index (χ0v) is 27.8. The van der Waals surface area contributed by atoms with E-state index in [2.05, 4.69) is 136 Å². The molecule has 1 N–H and O–H groups in total. The predicted molar refractivity (Wildman–Crippen MR) is 184 cm³/mol. The van der Waals surface area contributed by atoms with E-state index in [0.29, 0.717) is 23.5 Å². The zero-order valence-electron chi connectivity index (χ0n) is 27.8. The molecule has 1 saturated carbocycles. The van der Waals surface area contributed by atoms with E-state index in [4.69, 9.17) is 4.98 Å². The number of pyridine rings is 1. The molecule has 1 fully saturated rings. The molecule has 2 nitrogen and oxygen atoms in total. The first-order valence-electron chi connectivity index (χ1n) is 16.1. The molecule has 43 heavy (non-hydrogen) atoms. The summed E-state index contributed by atoms with van der Waals surface area (Å²) in [5.41, 5.74) is 16.0. The lowest BCUT2D eigenvalue weighted by atomic mass is 9.59. The molecule has 0 amide bonds. The van der Waals surface area contributed by atoms with Crippen molar-refractivity contribution in [3.8, 4) is 33.6 Å². The lowest BCUT2D eigenvalue weighted by Gasteiger charge is -2.45. The molecule has 1 aromatic heterocycles. The van der Waals surface area contributed by atoms with Crippen LogP contribution in [0.5, 0.6) is 0 Å². The van der Waals surface area contributed by atoms with Crippen LogP contribution in [0.25, 0.3) is 33.6 Å². The van der Waals surface area contributed by atoms with E-state index in [1.165, 1.54) is 55.6 Å². The molecule has 224 valence electrons. The van der Waals surface area contributed by atoms with Crippen LogP contribution >= 0.6 is 0 Å². The number of hydrogen-bond acceptors (Lipinski definition) is 2. The average molecular weight is 572 g/mol. The zero-order chi connectivity index (χ0) is 31.2. The largest absolute Gasteiger partial charge is 0.512 e. The Morgan fingerprint density at radius 3 is 1.98 bits per heavy atom. The molecule has 1 aliphatic carbocycles. The second kappa shape index (κ2) is 12.2. The molecule has 2 unspecified atom stereocenters. The summed E-state index contributed by atoms with van der Waals surface area (Å²) in [6, 6.07) is 24.5. The number of allylic oxidation sites excluding steroid dienone is 2. The minimum absolute atomic E-state index is 0.131. The molecule has 2 atom stereocenters. The van der Waals surface area contributed by atoms with Gasteiger partial charge in [0.1, 0.15) is 0 Å². The smallest absolute Gasteiger partial charge is 0.0943 e. The first kappa shape index (κ1) is 30.8. The summed E-state index contributed by atoms with van der Waals surface area (Å²) in [6.07, 6.45) is 0.881. The highest BCUT2D eigenvalue weighted by Gasteiger charge is 2.43. The van der Waals surface area contributed by atoms with Crippen molar-refractivity contribution >= 4 is 0 Å². The first-order valence-corrected chi connectivity index (χ1v) is 16.1. The van der Waals surface area contributed by atoms with Crippen molar-refractivity contribution in [3.05, 3.63) is 111 Å². The fourth-order valence-corrected chi connectivity index (χ4v) is 7.57. The van der Waals surface area contributed by atoms with E-state index in [9.17, 15) is 5.11 Å². The second-order valence-corrected chi connectivity index (χ2v) is 13.9. The highest BCUT2D eigenvalue weighted by Crippen LogP contribution is 2.56. The second-order valence-electron chi connectivity index (χ2n) is 13.9. The highest BCUT2D eigenvalue weighted by atomic mass is 16.3. The number of rotatable bonds is 7. The number of aliphatic hydroxyl groups is 1. The number of aliphatic hydroxyl groups excluding tert-OH is 1. The van der Waals surface area contributed by atoms with Crippen molar-refractivity contribution in [1.82, 2.24) is 4.98 Å². The Morgan fingerprint density at radius 1 is 0.767 bits per heavy atom. The molecule has 0 saturated heterocycles. The van der Waals surface area contributed by atoms with Crippen molar-refractivity contribution in [2.24, 2.45) is 17.8 Å². The molecule has 0 radical (unpaired) electrons. The summed E-state index contributed by atoms with van der Waals surface area (Å²) < 4.78 is 0. The summed E-state index contributed by atoms with van der Waals surface area (Å²) in [4.78, 5) is 5.52. The third-order valence-electron chi connectivity index (χ3n) is 9.26. The van der Waals surface area contributed by atoms with Crippen molar-refractivity contribution in [1.29, 1.82) is 0 Å². The number of nitrogens with zero attached hydrogens (tertiary/aromatic N) is 1. The third-order valence-corrected chi connectivity index (χ3v) is 9.26. The summed E-state index contributed by atoms with van der Waals surface area (Å²) >= 11 is 0. The maximum atomic E-state index is 11.2. The van der Waals surface area contributed by atoms with Gasteiger partial charge in [0.15, 0.2) is 0 Å². The highest BCUT2D eigenvalue weighted by molar-refractivity contribution is 5.89. The number of hydrogen-bond donors (Lipinski definition) is 1. The molecule has 4 aromatic rings. The van der Waals surface area contributed by atoms with Crippen molar-refractivity contribution in [2.45, 2.75) is 87.5 Å². The Balaban J connectivity index is 1.93. The van der Waals surface area contributed by atoms with Crippen LogP contribution in [0.2, 0.25) is 0 Å². The van der Waals surface area contributed by atoms with Crippen molar-refractivity contribution in [2.75, 3.05) is 0 Å². The van der Waals surface area contributed by atoms with Gasteiger partial charge in [-0.25, -0.2) is 4.98 Å². The van der Waals surface area contributed by atoms with Crippen molar-refractivity contribution in [3.63, 3.8) is 0 Å². The lowest BCUT2D eigenvalue weighted by molar-refractivity contribution is 0.238. The molecular weight excluding hydrogens is 522 g/mol. The quantitative estimate of drug-likeness (QED) is 0.224. The molecule has 2 heteroatoms. The van der Waals surface area contributed by atoms with Gasteiger partial charge in [-0.05, 0) is 104 Å². The molecule has 5 rings (SSSR count). The molecule has 0 bridgehead atoms. The summed E-state index contributed by atoms with van der Waals surface area (Å²) in [6.45, 7) is 22.3. The average Bonchev–Trinajstić information content (AvgIpc) is 2.90. The van der Waals surface area contributed by atoms with Crippen molar-refractivity contribution < 1.29 is 5.11 Å². The maximum absolute atomic E-state index is 11.2. The van der Waals surface area contributed by atoms with Gasteiger partial charge in [0.05, 0.1) is 17.1 Å². The van der Waals surface area contributed by atoms with Gasteiger partial charge in [-0.15, -0.1) is 0 Å². The van der Waals surface area contributed by atoms with Crippen LogP contribution in [0.1, 0.15) is 93.2 Å². The molecule has 1 heterocycles. The predicted octanol–water partition coefficient (Wildman–Crippen LogP) is 11.7. The van der Waals surface area contributed by atoms with Gasteiger partial charge >= 0.3 is 0 Å². The van der Waals surface area contributed by atoms with E-state index >= 15 is 0 Å². The number of aromatic nitrogens is 1. The maximum Gasteiger partial charge on any atom is 0.0943 e. The Morgan fingerprint density at radius 2 is 1.40 bits per heavy atom. The van der Waals surface area contributed by atoms with Crippen LogP contribution in [0.15, 0.2) is 78.1 Å². The van der Waals surface area contributed by atoms with Crippen LogP contribution in [0.3, 0.4) is 0 Å². The first-order chi connectivity index (χ1) is 20.4. The van der Waals surface area contributed by atoms with Gasteiger partial charge in [0.2, 0.25) is 0 Å². The van der Waals surface area contributed by atoms with E-state index in [0.717, 1.165) is 23.4 Å². The van der Waals surface area contributed by atoms with Gasteiger partial charge in [-0.2, -0.15) is 0 Å². The van der Waals surface area contributed by atoms with E-state index in [-0.39, 0.29) is 11.8 Å². The minimum Gasteiger partial charge on any atom is -0.512 e. The van der Waals surface area contributed by atoms with Crippen LogP contribution in [-0.4, -0.2) is 10.1 Å². The van der Waals surface area contributed by atoms with Crippen LogP contribution in [0.4, 0.5) is 0 Å².